The van der Waals surface area contributed by atoms with Gasteiger partial charge in [-0.1, -0.05) is 54.2 Å². The Morgan fingerprint density at radius 2 is 2.04 bits per heavy atom. The summed E-state index contributed by atoms with van der Waals surface area (Å²) in [4.78, 5) is 12.1. The molecule has 6 nitrogen and oxygen atoms in total. The van der Waals surface area contributed by atoms with Crippen molar-refractivity contribution in [2.24, 2.45) is 5.92 Å². The molecule has 3 aromatic rings. The van der Waals surface area contributed by atoms with Crippen molar-refractivity contribution in [3.63, 3.8) is 0 Å². The van der Waals surface area contributed by atoms with Gasteiger partial charge in [-0.15, -0.1) is 10.2 Å². The minimum Gasteiger partial charge on any atom is -0.353 e. The number of thioether (sulfide) groups is 1. The van der Waals surface area contributed by atoms with Crippen molar-refractivity contribution in [3.8, 4) is 0 Å². The normalized spacial score (nSPS) is 15.0. The van der Waals surface area contributed by atoms with Crippen LogP contribution in [0, 0.1) is 5.92 Å². The number of fused-ring (bicyclic) bond motifs is 1. The third-order valence-electron chi connectivity index (χ3n) is 5.01. The maximum absolute atomic E-state index is 12.1. The van der Waals surface area contributed by atoms with E-state index in [1.54, 1.807) is 0 Å². The minimum absolute atomic E-state index is 0.0120. The predicted molar refractivity (Wildman–Crippen MR) is 108 cm³/mol. The quantitative estimate of drug-likeness (QED) is 0.485. The molecular formula is C20H23N5OS. The first-order chi connectivity index (χ1) is 13.1. The number of nitrogens with one attached hydrogen (secondary N) is 1. The van der Waals surface area contributed by atoms with Crippen LogP contribution in [0.1, 0.15) is 31.2 Å². The van der Waals surface area contributed by atoms with E-state index in [-0.39, 0.29) is 11.9 Å². The van der Waals surface area contributed by atoms with E-state index in [0.717, 1.165) is 5.56 Å². The molecule has 0 radical (unpaired) electrons. The smallest absolute Gasteiger partial charge is 0.230 e. The van der Waals surface area contributed by atoms with E-state index >= 15 is 0 Å². The molecule has 0 aliphatic heterocycles. The first-order valence-electron chi connectivity index (χ1n) is 9.20. The maximum Gasteiger partial charge on any atom is 0.230 e. The van der Waals surface area contributed by atoms with Crippen molar-refractivity contribution in [2.75, 3.05) is 11.6 Å². The van der Waals surface area contributed by atoms with Crippen LogP contribution >= 0.6 is 11.8 Å². The van der Waals surface area contributed by atoms with Crippen LogP contribution < -0.4 is 11.2 Å². The van der Waals surface area contributed by atoms with Gasteiger partial charge in [-0.2, -0.15) is 0 Å². The van der Waals surface area contributed by atoms with Gasteiger partial charge in [0, 0.05) is 12.5 Å². The summed E-state index contributed by atoms with van der Waals surface area (Å²) in [6.07, 6.45) is 3.02. The van der Waals surface area contributed by atoms with Gasteiger partial charge < -0.3 is 11.2 Å². The van der Waals surface area contributed by atoms with Gasteiger partial charge in [0.2, 0.25) is 11.1 Å². The number of benzene rings is 2. The molecule has 7 heteroatoms. The number of aromatic nitrogens is 3. The zero-order chi connectivity index (χ0) is 18.8. The molecule has 1 saturated carbocycles. The molecule has 1 aromatic heterocycles. The third kappa shape index (κ3) is 4.08. The molecule has 27 heavy (non-hydrogen) atoms. The Morgan fingerprint density at radius 1 is 1.26 bits per heavy atom. The first-order valence-corrected chi connectivity index (χ1v) is 10.2. The lowest BCUT2D eigenvalue weighted by Gasteiger charge is -2.12. The summed E-state index contributed by atoms with van der Waals surface area (Å²) in [7, 11) is 0. The molecule has 3 N–H and O–H groups in total. The highest BCUT2D eigenvalue weighted by molar-refractivity contribution is 7.99. The summed E-state index contributed by atoms with van der Waals surface area (Å²) in [5, 5.41) is 14.4. The van der Waals surface area contributed by atoms with Gasteiger partial charge in [0.25, 0.3) is 0 Å². The number of nitrogens with zero attached hydrogens (tertiary/aromatic N) is 3. The molecule has 1 heterocycles. The fourth-order valence-corrected chi connectivity index (χ4v) is 3.97. The molecular weight excluding hydrogens is 358 g/mol. The number of hydrogen-bond donors (Lipinski definition) is 2. The van der Waals surface area contributed by atoms with Crippen LogP contribution in [0.2, 0.25) is 0 Å². The summed E-state index contributed by atoms with van der Waals surface area (Å²) in [6, 6.07) is 14.7. The molecule has 1 amide bonds. The van der Waals surface area contributed by atoms with Gasteiger partial charge >= 0.3 is 0 Å². The highest BCUT2D eigenvalue weighted by Gasteiger charge is 2.28. The average molecular weight is 382 g/mol. The van der Waals surface area contributed by atoms with Crippen LogP contribution in [0.3, 0.4) is 0 Å². The largest absolute Gasteiger partial charge is 0.353 e. The predicted octanol–water partition coefficient (Wildman–Crippen LogP) is 2.74. The molecule has 1 aliphatic carbocycles. The molecule has 2 aromatic carbocycles. The fraction of sp³-hybridized carbons (Fsp3) is 0.350. The minimum atomic E-state index is 0.0120. The molecule has 0 saturated heterocycles. The van der Waals surface area contributed by atoms with Crippen molar-refractivity contribution in [3.05, 3.63) is 53.9 Å². The fourth-order valence-electron chi connectivity index (χ4n) is 3.28. The Bertz CT molecular complexity index is 961. The molecule has 1 aliphatic rings. The van der Waals surface area contributed by atoms with E-state index in [4.69, 9.17) is 5.84 Å². The first kappa shape index (κ1) is 17.9. The van der Waals surface area contributed by atoms with Crippen LogP contribution in [0.25, 0.3) is 10.8 Å². The lowest BCUT2D eigenvalue weighted by Crippen LogP contribution is -2.35. The van der Waals surface area contributed by atoms with Crippen LogP contribution in [0.5, 0.6) is 0 Å². The summed E-state index contributed by atoms with van der Waals surface area (Å²) in [6.45, 7) is 2.06. The lowest BCUT2D eigenvalue weighted by molar-refractivity contribution is -0.119. The van der Waals surface area contributed by atoms with E-state index < -0.39 is 0 Å². The highest BCUT2D eigenvalue weighted by atomic mass is 32.2. The van der Waals surface area contributed by atoms with Gasteiger partial charge in [0.1, 0.15) is 0 Å². The van der Waals surface area contributed by atoms with E-state index in [2.05, 4.69) is 46.7 Å². The standard InChI is InChI=1S/C20H23N5OS/c1-13(14-9-10-14)22-19(26)12-27-20-24-23-18(25(20)21)11-16-7-4-6-15-5-2-3-8-17(15)16/h2-8,13-14H,9-12,21H2,1H3,(H,22,26)/t13-/m0/s1. The highest BCUT2D eigenvalue weighted by Crippen LogP contribution is 2.32. The maximum atomic E-state index is 12.1. The van der Waals surface area contributed by atoms with Crippen molar-refractivity contribution in [1.29, 1.82) is 0 Å². The number of nitrogen functional groups attached to an aromatic ring is 1. The molecule has 0 bridgehead atoms. The van der Waals surface area contributed by atoms with Gasteiger partial charge in [-0.05, 0) is 42.0 Å². The third-order valence-corrected chi connectivity index (χ3v) is 5.96. The summed E-state index contributed by atoms with van der Waals surface area (Å²) in [5.74, 6) is 7.81. The number of nitrogens with two attached hydrogens (primary N) is 1. The van der Waals surface area contributed by atoms with Crippen LogP contribution in [0.4, 0.5) is 0 Å². The van der Waals surface area contributed by atoms with Gasteiger partial charge in [0.15, 0.2) is 5.82 Å². The van der Waals surface area contributed by atoms with E-state index in [9.17, 15) is 4.79 Å². The SMILES string of the molecule is C[C@H](NC(=O)CSc1nnc(Cc2cccc3ccccc23)n1N)C1CC1. The number of carbonyl (C=O) groups excluding carboxylic acids is 1. The van der Waals surface area contributed by atoms with Crippen LogP contribution in [-0.4, -0.2) is 32.6 Å². The van der Waals surface area contributed by atoms with Crippen molar-refractivity contribution in [2.45, 2.75) is 37.4 Å². The monoisotopic (exact) mass is 381 g/mol. The van der Waals surface area contributed by atoms with Gasteiger partial charge in [-0.3, -0.25) is 4.79 Å². The summed E-state index contributed by atoms with van der Waals surface area (Å²) >= 11 is 1.32. The number of carbonyl (C=O) groups is 1. The Labute approximate surface area is 162 Å². The lowest BCUT2D eigenvalue weighted by atomic mass is 10.0. The molecule has 1 atom stereocenters. The van der Waals surface area contributed by atoms with Crippen molar-refractivity contribution < 1.29 is 4.79 Å². The van der Waals surface area contributed by atoms with Crippen LogP contribution in [0.15, 0.2) is 47.6 Å². The summed E-state index contributed by atoms with van der Waals surface area (Å²) in [5.41, 5.74) is 1.15. The van der Waals surface area contributed by atoms with Gasteiger partial charge in [0.05, 0.1) is 5.75 Å². The second-order valence-corrected chi connectivity index (χ2v) is 8.01. The number of amides is 1. The van der Waals surface area contributed by atoms with E-state index in [0.29, 0.717) is 29.1 Å². The second-order valence-electron chi connectivity index (χ2n) is 7.07. The number of rotatable bonds is 7. The second kappa shape index (κ2) is 7.60. The average Bonchev–Trinajstić information content (AvgIpc) is 3.47. The molecule has 140 valence electrons. The summed E-state index contributed by atoms with van der Waals surface area (Å²) < 4.78 is 1.49. The van der Waals surface area contributed by atoms with Crippen LogP contribution in [-0.2, 0) is 11.2 Å². The van der Waals surface area contributed by atoms with Crippen molar-refractivity contribution in [1.82, 2.24) is 20.2 Å². The Balaban J connectivity index is 1.42. The topological polar surface area (TPSA) is 85.8 Å². The zero-order valence-corrected chi connectivity index (χ0v) is 16.1. The Morgan fingerprint density at radius 3 is 2.85 bits per heavy atom. The van der Waals surface area contributed by atoms with Gasteiger partial charge in [-0.25, -0.2) is 4.68 Å². The molecule has 4 rings (SSSR count). The van der Waals surface area contributed by atoms with E-state index in [1.807, 2.05) is 18.2 Å². The Hall–Kier alpha value is -2.54. The Kier molecular flexibility index (Phi) is 5.03. The van der Waals surface area contributed by atoms with Crippen molar-refractivity contribution >= 4 is 28.4 Å². The molecule has 0 unspecified atom stereocenters. The molecule has 0 spiro atoms. The zero-order valence-electron chi connectivity index (χ0n) is 15.3. The number of hydrogen-bond acceptors (Lipinski definition) is 5. The molecule has 1 fully saturated rings. The van der Waals surface area contributed by atoms with E-state index in [1.165, 1.54) is 40.1 Å².